The van der Waals surface area contributed by atoms with Gasteiger partial charge in [0.1, 0.15) is 11.6 Å². The van der Waals surface area contributed by atoms with E-state index in [9.17, 15) is 0 Å². The van der Waals surface area contributed by atoms with Crippen molar-refractivity contribution in [3.63, 3.8) is 0 Å². The van der Waals surface area contributed by atoms with Crippen molar-refractivity contribution in [3.05, 3.63) is 17.6 Å². The molecule has 1 aliphatic rings. The van der Waals surface area contributed by atoms with Gasteiger partial charge in [-0.3, -0.25) is 0 Å². The summed E-state index contributed by atoms with van der Waals surface area (Å²) in [5.74, 6) is 1.94. The highest BCUT2D eigenvalue weighted by Crippen LogP contribution is 2.18. The summed E-state index contributed by atoms with van der Waals surface area (Å²) >= 11 is 0. The van der Waals surface area contributed by atoms with Crippen LogP contribution in [-0.4, -0.2) is 23.1 Å². The zero-order chi connectivity index (χ0) is 9.97. The Balaban J connectivity index is 2.28. The maximum Gasteiger partial charge on any atom is 0.132 e. The van der Waals surface area contributed by atoms with Gasteiger partial charge in [-0.1, -0.05) is 6.92 Å². The fourth-order valence-electron chi connectivity index (χ4n) is 1.51. The maximum absolute atomic E-state index is 5.59. The minimum absolute atomic E-state index is 0.496. The van der Waals surface area contributed by atoms with Gasteiger partial charge in [0.15, 0.2) is 0 Å². The van der Waals surface area contributed by atoms with Crippen LogP contribution in [-0.2, 0) is 13.0 Å². The van der Waals surface area contributed by atoms with Gasteiger partial charge in [-0.05, 0) is 6.42 Å². The van der Waals surface area contributed by atoms with Crippen LogP contribution in [0.1, 0.15) is 24.9 Å². The fourth-order valence-corrected chi connectivity index (χ4v) is 1.51. The minimum Gasteiger partial charge on any atom is -0.356 e. The fraction of sp³-hybridized carbons (Fsp3) is 0.600. The molecule has 2 N–H and O–H groups in total. The molecule has 2 heterocycles. The average Bonchev–Trinajstić information content (AvgIpc) is 2.14. The zero-order valence-electron chi connectivity index (χ0n) is 8.53. The molecule has 1 aliphatic heterocycles. The molecule has 1 aromatic heterocycles. The highest BCUT2D eigenvalue weighted by atomic mass is 15.2. The number of aromatic nitrogens is 2. The second kappa shape index (κ2) is 3.92. The first-order valence-corrected chi connectivity index (χ1v) is 5.15. The first kappa shape index (κ1) is 9.40. The lowest BCUT2D eigenvalue weighted by molar-refractivity contribution is 0.605. The lowest BCUT2D eigenvalue weighted by Gasteiger charge is -2.32. The molecule has 0 atom stereocenters. The SMILES string of the molecule is CCc1nc(CN)cc(N2CCC2)n1. The van der Waals surface area contributed by atoms with Crippen LogP contribution in [0.15, 0.2) is 6.07 Å². The summed E-state index contributed by atoms with van der Waals surface area (Å²) in [7, 11) is 0. The Morgan fingerprint density at radius 1 is 1.43 bits per heavy atom. The normalized spacial score (nSPS) is 15.4. The summed E-state index contributed by atoms with van der Waals surface area (Å²) in [6.07, 6.45) is 2.14. The van der Waals surface area contributed by atoms with Gasteiger partial charge in [0, 0.05) is 32.1 Å². The van der Waals surface area contributed by atoms with E-state index in [4.69, 9.17) is 5.73 Å². The molecule has 0 aromatic carbocycles. The van der Waals surface area contributed by atoms with Gasteiger partial charge in [-0.2, -0.15) is 0 Å². The molecule has 0 aliphatic carbocycles. The van der Waals surface area contributed by atoms with Gasteiger partial charge in [-0.15, -0.1) is 0 Å². The molecule has 1 aromatic rings. The summed E-state index contributed by atoms with van der Waals surface area (Å²) in [4.78, 5) is 11.1. The molecule has 0 spiro atoms. The van der Waals surface area contributed by atoms with Crippen LogP contribution >= 0.6 is 0 Å². The second-order valence-corrected chi connectivity index (χ2v) is 3.53. The molecule has 1 fully saturated rings. The zero-order valence-corrected chi connectivity index (χ0v) is 8.53. The van der Waals surface area contributed by atoms with Crippen molar-refractivity contribution in [3.8, 4) is 0 Å². The van der Waals surface area contributed by atoms with Crippen LogP contribution < -0.4 is 10.6 Å². The predicted molar refractivity (Wildman–Crippen MR) is 56.1 cm³/mol. The summed E-state index contributed by atoms with van der Waals surface area (Å²) in [5, 5.41) is 0. The Hall–Kier alpha value is -1.16. The third kappa shape index (κ3) is 1.70. The van der Waals surface area contributed by atoms with Gasteiger partial charge < -0.3 is 10.6 Å². The van der Waals surface area contributed by atoms with E-state index in [0.29, 0.717) is 6.54 Å². The van der Waals surface area contributed by atoms with Gasteiger partial charge in [0.2, 0.25) is 0 Å². The van der Waals surface area contributed by atoms with Gasteiger partial charge in [0.05, 0.1) is 5.69 Å². The van der Waals surface area contributed by atoms with E-state index in [0.717, 1.165) is 36.8 Å². The van der Waals surface area contributed by atoms with Gasteiger partial charge in [0.25, 0.3) is 0 Å². The van der Waals surface area contributed by atoms with Crippen LogP contribution in [0.2, 0.25) is 0 Å². The largest absolute Gasteiger partial charge is 0.356 e. The molecule has 4 heteroatoms. The molecule has 0 unspecified atom stereocenters. The Labute approximate surface area is 84.2 Å². The monoisotopic (exact) mass is 192 g/mol. The third-order valence-corrected chi connectivity index (χ3v) is 2.52. The summed E-state index contributed by atoms with van der Waals surface area (Å²) in [6, 6.07) is 2.00. The number of rotatable bonds is 3. The molecular formula is C10H16N4. The van der Waals surface area contributed by atoms with E-state index in [2.05, 4.69) is 21.8 Å². The maximum atomic E-state index is 5.59. The van der Waals surface area contributed by atoms with E-state index in [1.165, 1.54) is 6.42 Å². The molecule has 14 heavy (non-hydrogen) atoms. The van der Waals surface area contributed by atoms with Crippen molar-refractivity contribution in [2.45, 2.75) is 26.3 Å². The second-order valence-electron chi connectivity index (χ2n) is 3.53. The lowest BCUT2D eigenvalue weighted by Crippen LogP contribution is -2.38. The topological polar surface area (TPSA) is 55.0 Å². The number of nitrogens with two attached hydrogens (primary N) is 1. The van der Waals surface area contributed by atoms with E-state index >= 15 is 0 Å². The molecule has 2 rings (SSSR count). The number of aryl methyl sites for hydroxylation is 1. The van der Waals surface area contributed by atoms with E-state index in [1.807, 2.05) is 6.07 Å². The molecule has 4 nitrogen and oxygen atoms in total. The van der Waals surface area contributed by atoms with Crippen molar-refractivity contribution in [1.82, 2.24) is 9.97 Å². The van der Waals surface area contributed by atoms with Crippen molar-refractivity contribution in [2.24, 2.45) is 5.73 Å². The quantitative estimate of drug-likeness (QED) is 0.766. The van der Waals surface area contributed by atoms with Crippen LogP contribution in [0.25, 0.3) is 0 Å². The van der Waals surface area contributed by atoms with Crippen LogP contribution in [0.5, 0.6) is 0 Å². The number of anilines is 1. The average molecular weight is 192 g/mol. The molecule has 0 radical (unpaired) electrons. The number of hydrogen-bond donors (Lipinski definition) is 1. The number of hydrogen-bond acceptors (Lipinski definition) is 4. The van der Waals surface area contributed by atoms with Crippen molar-refractivity contribution < 1.29 is 0 Å². The molecular weight excluding hydrogens is 176 g/mol. The minimum atomic E-state index is 0.496. The summed E-state index contributed by atoms with van der Waals surface area (Å²) in [6.45, 7) is 4.79. The first-order valence-electron chi connectivity index (χ1n) is 5.15. The highest BCUT2D eigenvalue weighted by molar-refractivity contribution is 5.42. The Morgan fingerprint density at radius 3 is 2.71 bits per heavy atom. The van der Waals surface area contributed by atoms with E-state index < -0.39 is 0 Å². The van der Waals surface area contributed by atoms with Crippen molar-refractivity contribution in [2.75, 3.05) is 18.0 Å². The Bertz CT molecular complexity index is 298. The van der Waals surface area contributed by atoms with Gasteiger partial charge in [-0.25, -0.2) is 9.97 Å². The Kier molecular flexibility index (Phi) is 2.63. The molecule has 76 valence electrons. The van der Waals surface area contributed by atoms with Crippen LogP contribution in [0, 0.1) is 0 Å². The predicted octanol–water partition coefficient (Wildman–Crippen LogP) is 0.708. The molecule has 0 saturated carbocycles. The lowest BCUT2D eigenvalue weighted by atomic mass is 10.2. The van der Waals surface area contributed by atoms with E-state index in [-0.39, 0.29) is 0 Å². The smallest absolute Gasteiger partial charge is 0.132 e. The first-order chi connectivity index (χ1) is 6.83. The molecule has 0 bridgehead atoms. The molecule has 0 amide bonds. The van der Waals surface area contributed by atoms with Crippen LogP contribution in [0.3, 0.4) is 0 Å². The molecule has 1 saturated heterocycles. The highest BCUT2D eigenvalue weighted by Gasteiger charge is 2.16. The van der Waals surface area contributed by atoms with Crippen LogP contribution in [0.4, 0.5) is 5.82 Å². The summed E-state index contributed by atoms with van der Waals surface area (Å²) in [5.41, 5.74) is 6.54. The van der Waals surface area contributed by atoms with Crippen molar-refractivity contribution >= 4 is 5.82 Å². The van der Waals surface area contributed by atoms with Gasteiger partial charge >= 0.3 is 0 Å². The Morgan fingerprint density at radius 2 is 2.21 bits per heavy atom. The third-order valence-electron chi connectivity index (χ3n) is 2.52. The standard InChI is InChI=1S/C10H16N4/c1-2-9-12-8(7-11)6-10(13-9)14-4-3-5-14/h6H,2-5,7,11H2,1H3. The van der Waals surface area contributed by atoms with E-state index in [1.54, 1.807) is 0 Å². The number of nitrogens with zero attached hydrogens (tertiary/aromatic N) is 3. The van der Waals surface area contributed by atoms with Crippen molar-refractivity contribution in [1.29, 1.82) is 0 Å². The summed E-state index contributed by atoms with van der Waals surface area (Å²) < 4.78 is 0.